The van der Waals surface area contributed by atoms with Crippen molar-refractivity contribution in [3.05, 3.63) is 42.1 Å². The van der Waals surface area contributed by atoms with Crippen molar-refractivity contribution >= 4 is 21.4 Å². The van der Waals surface area contributed by atoms with E-state index in [0.717, 1.165) is 18.3 Å². The van der Waals surface area contributed by atoms with Crippen molar-refractivity contribution < 1.29 is 0 Å². The van der Waals surface area contributed by atoms with E-state index in [1.165, 1.54) is 33.4 Å². The lowest BCUT2D eigenvalue weighted by Gasteiger charge is -2.01. The Balaban J connectivity index is 1.72. The number of thiophene rings is 1. The molecule has 1 aliphatic rings. The summed E-state index contributed by atoms with van der Waals surface area (Å²) in [5.74, 6) is 0. The minimum atomic E-state index is 0.727. The molecule has 2 heterocycles. The highest BCUT2D eigenvalue weighted by Crippen LogP contribution is 2.34. The number of aryl methyl sites for hydroxylation is 1. The molecule has 102 valence electrons. The van der Waals surface area contributed by atoms with Gasteiger partial charge in [-0.3, -0.25) is 4.68 Å². The molecule has 0 unspecified atom stereocenters. The first-order valence-electron chi connectivity index (χ1n) is 7.04. The molecular weight excluding hydrogens is 266 g/mol. The van der Waals surface area contributed by atoms with Gasteiger partial charge in [-0.1, -0.05) is 18.2 Å². The molecule has 0 spiro atoms. The average molecular weight is 283 g/mol. The van der Waals surface area contributed by atoms with E-state index in [9.17, 15) is 0 Å². The first-order valence-corrected chi connectivity index (χ1v) is 7.86. The lowest BCUT2D eigenvalue weighted by molar-refractivity contribution is 0.687. The van der Waals surface area contributed by atoms with Crippen LogP contribution >= 0.6 is 11.3 Å². The van der Waals surface area contributed by atoms with Gasteiger partial charge >= 0.3 is 0 Å². The predicted octanol–water partition coefficient (Wildman–Crippen LogP) is 3.55. The Morgan fingerprint density at radius 2 is 2.20 bits per heavy atom. The van der Waals surface area contributed by atoms with E-state index < -0.39 is 0 Å². The maximum Gasteiger partial charge on any atom is 0.107 e. The summed E-state index contributed by atoms with van der Waals surface area (Å²) in [6.07, 6.45) is 4.77. The van der Waals surface area contributed by atoms with E-state index in [4.69, 9.17) is 0 Å². The van der Waals surface area contributed by atoms with Gasteiger partial charge in [0.1, 0.15) is 5.69 Å². The highest BCUT2D eigenvalue weighted by molar-refractivity contribution is 7.22. The minimum Gasteiger partial charge on any atom is -0.310 e. The van der Waals surface area contributed by atoms with Gasteiger partial charge in [0.05, 0.1) is 4.88 Å². The van der Waals surface area contributed by atoms with E-state index in [-0.39, 0.29) is 0 Å². The second-order valence-corrected chi connectivity index (χ2v) is 6.56. The smallest absolute Gasteiger partial charge is 0.107 e. The predicted molar refractivity (Wildman–Crippen MR) is 83.9 cm³/mol. The van der Waals surface area contributed by atoms with Crippen molar-refractivity contribution in [2.24, 2.45) is 7.05 Å². The third-order valence-corrected chi connectivity index (χ3v) is 4.84. The Hall–Kier alpha value is -1.65. The fourth-order valence-corrected chi connectivity index (χ4v) is 3.60. The largest absolute Gasteiger partial charge is 0.310 e. The molecule has 0 bridgehead atoms. The van der Waals surface area contributed by atoms with Crippen LogP contribution in [-0.4, -0.2) is 15.8 Å². The van der Waals surface area contributed by atoms with Gasteiger partial charge in [-0.25, -0.2) is 0 Å². The van der Waals surface area contributed by atoms with Gasteiger partial charge in [0.15, 0.2) is 0 Å². The number of fused-ring (bicyclic) bond motifs is 1. The summed E-state index contributed by atoms with van der Waals surface area (Å²) in [5.41, 5.74) is 2.42. The van der Waals surface area contributed by atoms with Gasteiger partial charge in [-0.2, -0.15) is 5.10 Å². The van der Waals surface area contributed by atoms with Crippen molar-refractivity contribution in [3.8, 4) is 10.6 Å². The summed E-state index contributed by atoms with van der Waals surface area (Å²) in [6, 6.07) is 11.5. The highest BCUT2D eigenvalue weighted by Gasteiger charge is 2.21. The Kier molecular flexibility index (Phi) is 2.86. The van der Waals surface area contributed by atoms with Crippen LogP contribution in [0.5, 0.6) is 0 Å². The quantitative estimate of drug-likeness (QED) is 0.793. The minimum absolute atomic E-state index is 0.727. The van der Waals surface area contributed by atoms with Crippen LogP contribution in [0.4, 0.5) is 0 Å². The van der Waals surface area contributed by atoms with E-state index in [1.54, 1.807) is 0 Å². The molecule has 1 aromatic carbocycles. The third kappa shape index (κ3) is 2.25. The van der Waals surface area contributed by atoms with E-state index in [1.807, 2.05) is 23.1 Å². The monoisotopic (exact) mass is 283 g/mol. The van der Waals surface area contributed by atoms with Crippen molar-refractivity contribution in [2.75, 3.05) is 0 Å². The first-order chi connectivity index (χ1) is 9.79. The number of hydrogen-bond donors (Lipinski definition) is 1. The van der Waals surface area contributed by atoms with Crippen molar-refractivity contribution in [1.82, 2.24) is 15.1 Å². The zero-order valence-corrected chi connectivity index (χ0v) is 12.3. The molecule has 1 aliphatic carbocycles. The summed E-state index contributed by atoms with van der Waals surface area (Å²) in [4.78, 5) is 1.26. The zero-order chi connectivity index (χ0) is 13.5. The number of aromatic nitrogens is 2. The van der Waals surface area contributed by atoms with E-state index in [2.05, 4.69) is 46.9 Å². The van der Waals surface area contributed by atoms with Gasteiger partial charge < -0.3 is 5.32 Å². The Morgan fingerprint density at radius 1 is 1.35 bits per heavy atom. The molecule has 4 heteroatoms. The molecule has 0 aliphatic heterocycles. The Bertz CT molecular complexity index is 719. The molecular formula is C16H17N3S. The molecule has 3 nitrogen and oxygen atoms in total. The van der Waals surface area contributed by atoms with Crippen molar-refractivity contribution in [2.45, 2.75) is 25.4 Å². The van der Waals surface area contributed by atoms with Crippen LogP contribution in [0.15, 0.2) is 36.5 Å². The number of hydrogen-bond acceptors (Lipinski definition) is 3. The first kappa shape index (κ1) is 12.1. The molecule has 1 N–H and O–H groups in total. The molecule has 3 aromatic rings. The fourth-order valence-electron chi connectivity index (χ4n) is 2.51. The summed E-state index contributed by atoms with van der Waals surface area (Å²) < 4.78 is 3.25. The fraction of sp³-hybridized carbons (Fsp3) is 0.312. The lowest BCUT2D eigenvalue weighted by atomic mass is 10.2. The second-order valence-electron chi connectivity index (χ2n) is 5.48. The van der Waals surface area contributed by atoms with Gasteiger partial charge in [0, 0.05) is 36.1 Å². The van der Waals surface area contributed by atoms with Crippen molar-refractivity contribution in [1.29, 1.82) is 0 Å². The third-order valence-electron chi connectivity index (χ3n) is 3.72. The lowest BCUT2D eigenvalue weighted by Crippen LogP contribution is -2.15. The maximum atomic E-state index is 4.66. The van der Waals surface area contributed by atoms with E-state index in [0.29, 0.717) is 0 Å². The molecule has 20 heavy (non-hydrogen) atoms. The van der Waals surface area contributed by atoms with Crippen LogP contribution < -0.4 is 5.32 Å². The summed E-state index contributed by atoms with van der Waals surface area (Å²) in [7, 11) is 2.00. The normalized spacial score (nSPS) is 15.1. The Morgan fingerprint density at radius 3 is 3.00 bits per heavy atom. The van der Waals surface area contributed by atoms with Crippen LogP contribution in [0.3, 0.4) is 0 Å². The highest BCUT2D eigenvalue weighted by atomic mass is 32.1. The molecule has 0 atom stereocenters. The molecule has 0 amide bonds. The van der Waals surface area contributed by atoms with Crippen LogP contribution in [0.1, 0.15) is 18.4 Å². The van der Waals surface area contributed by atoms with Gasteiger partial charge in [-0.05, 0) is 30.4 Å². The number of nitrogens with one attached hydrogen (secondary N) is 1. The summed E-state index contributed by atoms with van der Waals surface area (Å²) >= 11 is 1.82. The average Bonchev–Trinajstić information content (AvgIpc) is 3.05. The summed E-state index contributed by atoms with van der Waals surface area (Å²) in [5, 5.41) is 9.55. The molecule has 4 rings (SSSR count). The molecule has 0 saturated heterocycles. The van der Waals surface area contributed by atoms with Gasteiger partial charge in [0.2, 0.25) is 0 Å². The molecule has 0 radical (unpaired) electrons. The van der Waals surface area contributed by atoms with Gasteiger partial charge in [-0.15, -0.1) is 11.3 Å². The Labute approximate surface area is 122 Å². The molecule has 1 saturated carbocycles. The second kappa shape index (κ2) is 4.72. The van der Waals surface area contributed by atoms with E-state index >= 15 is 0 Å². The summed E-state index contributed by atoms with van der Waals surface area (Å²) in [6.45, 7) is 0.919. The van der Waals surface area contributed by atoms with Crippen molar-refractivity contribution in [3.63, 3.8) is 0 Å². The standard InChI is InChI=1S/C16H17N3S/c1-19-10-12(9-17-13-6-7-13)16(18-19)15-8-11-4-2-3-5-14(11)20-15/h2-5,8,10,13,17H,6-7,9H2,1H3. The maximum absolute atomic E-state index is 4.66. The van der Waals surface area contributed by atoms with Crippen LogP contribution in [0.25, 0.3) is 20.7 Å². The number of benzene rings is 1. The van der Waals surface area contributed by atoms with Gasteiger partial charge in [0.25, 0.3) is 0 Å². The zero-order valence-electron chi connectivity index (χ0n) is 11.5. The number of rotatable bonds is 4. The number of nitrogens with zero attached hydrogens (tertiary/aromatic N) is 2. The topological polar surface area (TPSA) is 29.9 Å². The van der Waals surface area contributed by atoms with Crippen LogP contribution in [-0.2, 0) is 13.6 Å². The van der Waals surface area contributed by atoms with Crippen LogP contribution in [0.2, 0.25) is 0 Å². The molecule has 1 fully saturated rings. The van der Waals surface area contributed by atoms with Crippen LogP contribution in [0, 0.1) is 0 Å². The SMILES string of the molecule is Cn1cc(CNC2CC2)c(-c2cc3ccccc3s2)n1. The molecule has 2 aromatic heterocycles.